The van der Waals surface area contributed by atoms with Crippen molar-refractivity contribution in [1.82, 2.24) is 10.4 Å². The maximum atomic E-state index is 12.8. The number of carbonyl (C=O) groups is 1. The number of halogens is 1. The molecule has 1 saturated carbocycles. The van der Waals surface area contributed by atoms with Crippen LogP contribution in [0.2, 0.25) is 0 Å². The fourth-order valence-electron chi connectivity index (χ4n) is 3.02. The third kappa shape index (κ3) is 2.03. The molecule has 0 aromatic heterocycles. The van der Waals surface area contributed by atoms with E-state index in [-0.39, 0.29) is 11.8 Å². The summed E-state index contributed by atoms with van der Waals surface area (Å²) in [5.41, 5.74) is 3.82. The first-order valence-corrected chi connectivity index (χ1v) is 6.51. The molecule has 2 atom stereocenters. The molecule has 3 rings (SSSR count). The molecule has 0 bridgehead atoms. The Kier molecular flexibility index (Phi) is 3.03. The SMILES string of the molecule is COC(=O)[C@]12C[C@H]1CCN2NCc1ccc(F)cc1. The Morgan fingerprint density at radius 1 is 1.53 bits per heavy atom. The van der Waals surface area contributed by atoms with Crippen molar-refractivity contribution in [3.8, 4) is 0 Å². The number of esters is 1. The van der Waals surface area contributed by atoms with Crippen LogP contribution in [0.3, 0.4) is 0 Å². The number of methoxy groups -OCH3 is 1. The van der Waals surface area contributed by atoms with Crippen LogP contribution in [0.15, 0.2) is 24.3 Å². The normalized spacial score (nSPS) is 29.1. The number of fused-ring (bicyclic) bond motifs is 1. The molecule has 0 radical (unpaired) electrons. The fraction of sp³-hybridized carbons (Fsp3) is 0.500. The van der Waals surface area contributed by atoms with Crippen molar-refractivity contribution >= 4 is 5.97 Å². The van der Waals surface area contributed by atoms with E-state index in [4.69, 9.17) is 4.74 Å². The Morgan fingerprint density at radius 2 is 2.26 bits per heavy atom. The maximum Gasteiger partial charge on any atom is 0.327 e. The summed E-state index contributed by atoms with van der Waals surface area (Å²) in [5, 5.41) is 1.99. The highest BCUT2D eigenvalue weighted by atomic mass is 19.1. The molecule has 1 aliphatic heterocycles. The number of nitrogens with one attached hydrogen (secondary N) is 1. The van der Waals surface area contributed by atoms with E-state index < -0.39 is 5.54 Å². The monoisotopic (exact) mass is 264 g/mol. The molecule has 1 heterocycles. The number of hydrogen-bond acceptors (Lipinski definition) is 4. The molecule has 1 saturated heterocycles. The van der Waals surface area contributed by atoms with Crippen LogP contribution < -0.4 is 5.43 Å². The van der Waals surface area contributed by atoms with Crippen LogP contribution >= 0.6 is 0 Å². The third-order valence-electron chi connectivity index (χ3n) is 4.18. The van der Waals surface area contributed by atoms with E-state index in [1.165, 1.54) is 19.2 Å². The average molecular weight is 264 g/mol. The topological polar surface area (TPSA) is 41.6 Å². The van der Waals surface area contributed by atoms with E-state index >= 15 is 0 Å². The first kappa shape index (κ1) is 12.6. The summed E-state index contributed by atoms with van der Waals surface area (Å²) in [6.07, 6.45) is 1.89. The van der Waals surface area contributed by atoms with Crippen molar-refractivity contribution < 1.29 is 13.9 Å². The highest BCUT2D eigenvalue weighted by molar-refractivity contribution is 5.85. The zero-order valence-electron chi connectivity index (χ0n) is 10.9. The highest BCUT2D eigenvalue weighted by Crippen LogP contribution is 2.55. The highest BCUT2D eigenvalue weighted by Gasteiger charge is 2.68. The molecule has 0 unspecified atom stereocenters. The predicted molar refractivity (Wildman–Crippen MR) is 67.4 cm³/mol. The quantitative estimate of drug-likeness (QED) is 0.836. The standard InChI is InChI=1S/C14H17FN2O2/c1-19-13(18)14-8-11(14)6-7-17(14)16-9-10-2-4-12(15)5-3-10/h2-5,11,16H,6-9H2,1H3/t11-,14+/m1/s1. The van der Waals surface area contributed by atoms with Crippen LogP contribution in [0.5, 0.6) is 0 Å². The Hall–Kier alpha value is -1.46. The molecular weight excluding hydrogens is 247 g/mol. The van der Waals surface area contributed by atoms with Crippen molar-refractivity contribution in [3.63, 3.8) is 0 Å². The lowest BCUT2D eigenvalue weighted by Crippen LogP contribution is -2.49. The Bertz CT molecular complexity index is 491. The summed E-state index contributed by atoms with van der Waals surface area (Å²) in [6, 6.07) is 6.37. The van der Waals surface area contributed by atoms with Gasteiger partial charge in [0, 0.05) is 13.1 Å². The van der Waals surface area contributed by atoms with E-state index in [0.29, 0.717) is 12.5 Å². The summed E-state index contributed by atoms with van der Waals surface area (Å²) in [6.45, 7) is 1.44. The lowest BCUT2D eigenvalue weighted by atomic mass is 10.2. The molecule has 4 nitrogen and oxygen atoms in total. The zero-order valence-corrected chi connectivity index (χ0v) is 10.9. The largest absolute Gasteiger partial charge is 0.468 e. The summed E-state index contributed by atoms with van der Waals surface area (Å²) in [5.74, 6) is 0.0282. The predicted octanol–water partition coefficient (Wildman–Crippen LogP) is 1.47. The molecule has 19 heavy (non-hydrogen) atoms. The molecule has 2 aliphatic rings. The molecule has 1 aliphatic carbocycles. The van der Waals surface area contributed by atoms with Crippen LogP contribution in [0.25, 0.3) is 0 Å². The molecule has 1 N–H and O–H groups in total. The van der Waals surface area contributed by atoms with Gasteiger partial charge in [-0.15, -0.1) is 0 Å². The smallest absolute Gasteiger partial charge is 0.327 e. The molecule has 2 fully saturated rings. The Morgan fingerprint density at radius 3 is 2.89 bits per heavy atom. The molecule has 1 aromatic rings. The van der Waals surface area contributed by atoms with Gasteiger partial charge in [0.05, 0.1) is 7.11 Å². The van der Waals surface area contributed by atoms with Gasteiger partial charge in [0.25, 0.3) is 0 Å². The van der Waals surface area contributed by atoms with E-state index in [1.807, 2.05) is 5.01 Å². The summed E-state index contributed by atoms with van der Waals surface area (Å²) < 4.78 is 17.7. The van der Waals surface area contributed by atoms with Gasteiger partial charge in [-0.3, -0.25) is 0 Å². The van der Waals surface area contributed by atoms with Gasteiger partial charge in [-0.2, -0.15) is 0 Å². The molecule has 0 spiro atoms. The van der Waals surface area contributed by atoms with E-state index in [9.17, 15) is 9.18 Å². The first-order chi connectivity index (χ1) is 9.16. The van der Waals surface area contributed by atoms with E-state index in [0.717, 1.165) is 24.9 Å². The minimum absolute atomic E-state index is 0.151. The maximum absolute atomic E-state index is 12.8. The van der Waals surface area contributed by atoms with Crippen molar-refractivity contribution in [2.45, 2.75) is 24.9 Å². The lowest BCUT2D eigenvalue weighted by Gasteiger charge is -2.26. The van der Waals surface area contributed by atoms with Gasteiger partial charge in [0.1, 0.15) is 11.4 Å². The van der Waals surface area contributed by atoms with Crippen LogP contribution in [0, 0.1) is 11.7 Å². The molecular formula is C14H17FN2O2. The van der Waals surface area contributed by atoms with Crippen molar-refractivity contribution in [2.75, 3.05) is 13.7 Å². The fourth-order valence-corrected chi connectivity index (χ4v) is 3.02. The van der Waals surface area contributed by atoms with Crippen LogP contribution in [-0.4, -0.2) is 30.2 Å². The zero-order chi connectivity index (χ0) is 13.5. The van der Waals surface area contributed by atoms with E-state index in [2.05, 4.69) is 5.43 Å². The van der Waals surface area contributed by atoms with Crippen LogP contribution in [0.4, 0.5) is 4.39 Å². The first-order valence-electron chi connectivity index (χ1n) is 6.51. The van der Waals surface area contributed by atoms with Gasteiger partial charge < -0.3 is 4.74 Å². The number of ether oxygens (including phenoxy) is 1. The lowest BCUT2D eigenvalue weighted by molar-refractivity contribution is -0.149. The van der Waals surface area contributed by atoms with Gasteiger partial charge >= 0.3 is 5.97 Å². The molecule has 0 amide bonds. The van der Waals surface area contributed by atoms with Crippen molar-refractivity contribution in [1.29, 1.82) is 0 Å². The number of carbonyl (C=O) groups excluding carboxylic acids is 1. The van der Waals surface area contributed by atoms with Gasteiger partial charge in [0.15, 0.2) is 0 Å². The van der Waals surface area contributed by atoms with E-state index in [1.54, 1.807) is 12.1 Å². The number of nitrogens with zero attached hydrogens (tertiary/aromatic N) is 1. The number of piperidine rings is 1. The van der Waals surface area contributed by atoms with Crippen molar-refractivity contribution in [3.05, 3.63) is 35.6 Å². The second-order valence-electron chi connectivity index (χ2n) is 5.22. The summed E-state index contributed by atoms with van der Waals surface area (Å²) in [7, 11) is 1.43. The van der Waals surface area contributed by atoms with Crippen LogP contribution in [-0.2, 0) is 16.1 Å². The Balaban J connectivity index is 1.64. The van der Waals surface area contributed by atoms with Gasteiger partial charge in [0.2, 0.25) is 0 Å². The minimum Gasteiger partial charge on any atom is -0.468 e. The van der Waals surface area contributed by atoms with Gasteiger partial charge in [-0.05, 0) is 36.5 Å². The van der Waals surface area contributed by atoms with Gasteiger partial charge in [-0.1, -0.05) is 12.1 Å². The number of rotatable bonds is 4. The van der Waals surface area contributed by atoms with Crippen LogP contribution in [0.1, 0.15) is 18.4 Å². The second-order valence-corrected chi connectivity index (χ2v) is 5.22. The second kappa shape index (κ2) is 4.58. The Labute approximate surface area is 111 Å². The van der Waals surface area contributed by atoms with Gasteiger partial charge in [-0.25, -0.2) is 19.6 Å². The molecule has 102 valence electrons. The molecule has 5 heteroatoms. The number of benzene rings is 1. The summed E-state index contributed by atoms with van der Waals surface area (Å²) in [4.78, 5) is 11.9. The minimum atomic E-state index is -0.450. The molecule has 1 aromatic carbocycles. The number of hydrogen-bond donors (Lipinski definition) is 1. The summed E-state index contributed by atoms with van der Waals surface area (Å²) >= 11 is 0. The van der Waals surface area contributed by atoms with Crippen molar-refractivity contribution in [2.24, 2.45) is 5.92 Å². The number of hydrazine groups is 1. The average Bonchev–Trinajstić information content (AvgIpc) is 3.06. The third-order valence-corrected chi connectivity index (χ3v) is 4.18.